The van der Waals surface area contributed by atoms with Crippen molar-refractivity contribution in [1.29, 1.82) is 0 Å². The van der Waals surface area contributed by atoms with E-state index in [2.05, 4.69) is 0 Å². The van der Waals surface area contributed by atoms with Gasteiger partial charge < -0.3 is 10.0 Å². The minimum Gasteiger partial charge on any atom is -0.481 e. The standard InChI is InChI=1S/C15H26N2O5S/c1-3-23(21,22)16-8-4-5-12(9-16)14(18)17-10-13(15(19)20)7-6-11(17)2/h11-13H,3-10H2,1-2H3,(H,19,20). The fourth-order valence-electron chi connectivity index (χ4n) is 3.43. The zero-order chi connectivity index (χ0) is 17.2. The third-order valence-electron chi connectivity index (χ3n) is 5.01. The van der Waals surface area contributed by atoms with E-state index in [1.54, 1.807) is 11.8 Å². The van der Waals surface area contributed by atoms with Crippen molar-refractivity contribution in [3.63, 3.8) is 0 Å². The number of carboxylic acids is 1. The van der Waals surface area contributed by atoms with Gasteiger partial charge in [-0.05, 0) is 39.5 Å². The molecule has 0 aromatic carbocycles. The number of likely N-dealkylation sites (tertiary alicyclic amines) is 1. The second-order valence-corrected chi connectivity index (χ2v) is 8.81. The van der Waals surface area contributed by atoms with E-state index in [0.717, 1.165) is 0 Å². The van der Waals surface area contributed by atoms with E-state index in [9.17, 15) is 23.1 Å². The van der Waals surface area contributed by atoms with Gasteiger partial charge in [0.2, 0.25) is 15.9 Å². The molecule has 2 saturated heterocycles. The molecule has 0 aliphatic carbocycles. The summed E-state index contributed by atoms with van der Waals surface area (Å²) in [5.74, 6) is -1.81. The van der Waals surface area contributed by atoms with Crippen molar-refractivity contribution in [2.45, 2.75) is 45.6 Å². The molecule has 1 amide bonds. The number of hydrogen-bond acceptors (Lipinski definition) is 4. The summed E-state index contributed by atoms with van der Waals surface area (Å²) in [5, 5.41) is 9.19. The molecule has 2 aliphatic heterocycles. The summed E-state index contributed by atoms with van der Waals surface area (Å²) in [4.78, 5) is 25.7. The van der Waals surface area contributed by atoms with Crippen LogP contribution in [-0.4, -0.2) is 66.0 Å². The molecular weight excluding hydrogens is 320 g/mol. The van der Waals surface area contributed by atoms with Crippen LogP contribution >= 0.6 is 0 Å². The van der Waals surface area contributed by atoms with Crippen LogP contribution in [-0.2, 0) is 19.6 Å². The van der Waals surface area contributed by atoms with E-state index in [4.69, 9.17) is 0 Å². The normalized spacial score (nSPS) is 30.2. The molecule has 1 N–H and O–H groups in total. The minimum atomic E-state index is -3.29. The van der Waals surface area contributed by atoms with Gasteiger partial charge in [0.05, 0.1) is 17.6 Å². The van der Waals surface area contributed by atoms with Crippen molar-refractivity contribution < 1.29 is 23.1 Å². The Balaban J connectivity index is 2.08. The number of aliphatic carboxylic acids is 1. The second-order valence-electron chi connectivity index (χ2n) is 6.55. The van der Waals surface area contributed by atoms with Gasteiger partial charge in [-0.15, -0.1) is 0 Å². The SMILES string of the molecule is CCS(=O)(=O)N1CCCC(C(=O)N2CC(C(=O)O)CCC2C)C1. The molecule has 2 aliphatic rings. The Labute approximate surface area is 137 Å². The van der Waals surface area contributed by atoms with Crippen LogP contribution in [0.5, 0.6) is 0 Å². The Morgan fingerprint density at radius 3 is 2.43 bits per heavy atom. The van der Waals surface area contributed by atoms with Gasteiger partial charge in [-0.1, -0.05) is 0 Å². The molecule has 23 heavy (non-hydrogen) atoms. The van der Waals surface area contributed by atoms with Crippen molar-refractivity contribution in [2.24, 2.45) is 11.8 Å². The van der Waals surface area contributed by atoms with Gasteiger partial charge in [0, 0.05) is 25.7 Å². The summed E-state index contributed by atoms with van der Waals surface area (Å²) in [6.07, 6.45) is 2.59. The first-order valence-corrected chi connectivity index (χ1v) is 9.88. The Kier molecular flexibility index (Phi) is 5.67. The maximum absolute atomic E-state index is 12.8. The van der Waals surface area contributed by atoms with Crippen LogP contribution in [0.2, 0.25) is 0 Å². The maximum Gasteiger partial charge on any atom is 0.308 e. The fraction of sp³-hybridized carbons (Fsp3) is 0.867. The van der Waals surface area contributed by atoms with E-state index in [0.29, 0.717) is 32.2 Å². The third-order valence-corrected chi connectivity index (χ3v) is 6.85. The molecule has 0 aromatic rings. The summed E-state index contributed by atoms with van der Waals surface area (Å²) in [6, 6.07) is 0.0104. The molecule has 0 aromatic heterocycles. The Bertz CT molecular complexity index is 562. The summed E-state index contributed by atoms with van der Waals surface area (Å²) in [7, 11) is -3.29. The molecule has 0 radical (unpaired) electrons. The van der Waals surface area contributed by atoms with Crippen LogP contribution < -0.4 is 0 Å². The Morgan fingerprint density at radius 2 is 1.83 bits per heavy atom. The lowest BCUT2D eigenvalue weighted by Gasteiger charge is -2.40. The van der Waals surface area contributed by atoms with Crippen LogP contribution in [0.3, 0.4) is 0 Å². The molecular formula is C15H26N2O5S. The van der Waals surface area contributed by atoms with Crippen LogP contribution in [0.25, 0.3) is 0 Å². The smallest absolute Gasteiger partial charge is 0.308 e. The molecule has 0 bridgehead atoms. The lowest BCUT2D eigenvalue weighted by atomic mass is 9.90. The third kappa shape index (κ3) is 4.03. The van der Waals surface area contributed by atoms with Gasteiger partial charge in [-0.25, -0.2) is 12.7 Å². The quantitative estimate of drug-likeness (QED) is 0.811. The van der Waals surface area contributed by atoms with E-state index in [-0.39, 0.29) is 36.7 Å². The summed E-state index contributed by atoms with van der Waals surface area (Å²) in [5.41, 5.74) is 0. The van der Waals surface area contributed by atoms with Gasteiger partial charge in [-0.3, -0.25) is 9.59 Å². The van der Waals surface area contributed by atoms with E-state index in [1.165, 1.54) is 4.31 Å². The largest absolute Gasteiger partial charge is 0.481 e. The zero-order valence-corrected chi connectivity index (χ0v) is 14.6. The number of carbonyl (C=O) groups is 2. The van der Waals surface area contributed by atoms with Crippen LogP contribution in [0.1, 0.15) is 39.5 Å². The van der Waals surface area contributed by atoms with Gasteiger partial charge in [0.1, 0.15) is 0 Å². The van der Waals surface area contributed by atoms with E-state index in [1.807, 2.05) is 6.92 Å². The van der Waals surface area contributed by atoms with Gasteiger partial charge in [-0.2, -0.15) is 0 Å². The van der Waals surface area contributed by atoms with Crippen molar-refractivity contribution in [3.05, 3.63) is 0 Å². The molecule has 0 saturated carbocycles. The monoisotopic (exact) mass is 346 g/mol. The highest BCUT2D eigenvalue weighted by Crippen LogP contribution is 2.27. The molecule has 0 spiro atoms. The number of hydrogen-bond donors (Lipinski definition) is 1. The first kappa shape index (κ1) is 18.2. The van der Waals surface area contributed by atoms with Gasteiger partial charge >= 0.3 is 5.97 Å². The fourth-order valence-corrected chi connectivity index (χ4v) is 4.61. The highest BCUT2D eigenvalue weighted by atomic mass is 32.2. The molecule has 3 unspecified atom stereocenters. The molecule has 3 atom stereocenters. The average Bonchev–Trinajstić information content (AvgIpc) is 2.54. The highest BCUT2D eigenvalue weighted by molar-refractivity contribution is 7.89. The Morgan fingerprint density at radius 1 is 1.13 bits per heavy atom. The number of piperidine rings is 2. The number of amides is 1. The predicted molar refractivity (Wildman–Crippen MR) is 85.3 cm³/mol. The molecule has 2 fully saturated rings. The minimum absolute atomic E-state index is 0.0104. The highest BCUT2D eigenvalue weighted by Gasteiger charge is 2.38. The number of sulfonamides is 1. The number of rotatable bonds is 4. The van der Waals surface area contributed by atoms with Crippen LogP contribution in [0.4, 0.5) is 0 Å². The molecule has 2 heterocycles. The topological polar surface area (TPSA) is 95.0 Å². The van der Waals surface area contributed by atoms with E-state index < -0.39 is 21.9 Å². The molecule has 2 rings (SSSR count). The van der Waals surface area contributed by atoms with Crippen LogP contribution in [0.15, 0.2) is 0 Å². The summed E-state index contributed by atoms with van der Waals surface area (Å²) in [6.45, 7) is 4.44. The van der Waals surface area contributed by atoms with Gasteiger partial charge in [0.15, 0.2) is 0 Å². The van der Waals surface area contributed by atoms with Gasteiger partial charge in [0.25, 0.3) is 0 Å². The second kappa shape index (κ2) is 7.17. The Hall–Kier alpha value is -1.15. The number of carbonyl (C=O) groups excluding carboxylic acids is 1. The van der Waals surface area contributed by atoms with Crippen molar-refractivity contribution in [3.8, 4) is 0 Å². The summed E-state index contributed by atoms with van der Waals surface area (Å²) >= 11 is 0. The predicted octanol–water partition coefficient (Wildman–Crippen LogP) is 0.760. The number of nitrogens with zero attached hydrogens (tertiary/aromatic N) is 2. The van der Waals surface area contributed by atoms with Crippen molar-refractivity contribution >= 4 is 21.9 Å². The maximum atomic E-state index is 12.8. The van der Waals surface area contributed by atoms with Crippen molar-refractivity contribution in [2.75, 3.05) is 25.4 Å². The van der Waals surface area contributed by atoms with Crippen LogP contribution in [0, 0.1) is 11.8 Å². The first-order valence-electron chi connectivity index (χ1n) is 8.27. The molecule has 7 nitrogen and oxygen atoms in total. The lowest BCUT2D eigenvalue weighted by Crippen LogP contribution is -2.52. The summed E-state index contributed by atoms with van der Waals surface area (Å²) < 4.78 is 25.5. The van der Waals surface area contributed by atoms with E-state index >= 15 is 0 Å². The lowest BCUT2D eigenvalue weighted by molar-refractivity contribution is -0.149. The zero-order valence-electron chi connectivity index (χ0n) is 13.8. The number of carboxylic acid groups (broad SMARTS) is 1. The van der Waals surface area contributed by atoms with Crippen molar-refractivity contribution in [1.82, 2.24) is 9.21 Å². The molecule has 132 valence electrons. The average molecular weight is 346 g/mol. The molecule has 8 heteroatoms. The first-order chi connectivity index (χ1) is 10.8.